The molecule has 0 spiro atoms. The number of thiophene rings is 1. The molecule has 1 saturated carbocycles. The largest absolute Gasteiger partial charge is 0.493 e. The summed E-state index contributed by atoms with van der Waals surface area (Å²) >= 11 is 5.32. The van der Waals surface area contributed by atoms with Crippen molar-refractivity contribution in [2.24, 2.45) is 0 Å². The molecule has 0 aliphatic heterocycles. The van der Waals surface area contributed by atoms with Gasteiger partial charge in [-0.25, -0.2) is 0 Å². The van der Waals surface area contributed by atoms with Crippen LogP contribution in [0.5, 0.6) is 5.75 Å². The number of nitrogens with one attached hydrogen (secondary N) is 1. The number of rotatable bonds is 7. The quantitative estimate of drug-likeness (QED) is 0.798. The molecule has 0 atom stereocenters. The molecular weight excluding hydrogens is 334 g/mol. The second kappa shape index (κ2) is 6.74. The molecule has 4 heteroatoms. The van der Waals surface area contributed by atoms with E-state index in [2.05, 4.69) is 50.9 Å². The molecule has 0 amide bonds. The van der Waals surface area contributed by atoms with Crippen LogP contribution in [0.1, 0.15) is 23.3 Å². The molecule has 0 bridgehead atoms. The number of hydrogen-bond donors (Lipinski definition) is 1. The summed E-state index contributed by atoms with van der Waals surface area (Å²) in [5.41, 5.74) is 1.23. The smallest absolute Gasteiger partial charge is 0.123 e. The van der Waals surface area contributed by atoms with Crippen LogP contribution in [-0.4, -0.2) is 12.6 Å². The molecule has 1 fully saturated rings. The summed E-state index contributed by atoms with van der Waals surface area (Å²) in [6.07, 6.45) is 3.59. The monoisotopic (exact) mass is 351 g/mol. The van der Waals surface area contributed by atoms with Crippen LogP contribution < -0.4 is 10.1 Å². The second-order valence-electron chi connectivity index (χ2n) is 5.09. The van der Waals surface area contributed by atoms with E-state index >= 15 is 0 Å². The Morgan fingerprint density at radius 1 is 1.30 bits per heavy atom. The number of halogens is 1. The highest BCUT2D eigenvalue weighted by Crippen LogP contribution is 2.26. The lowest BCUT2D eigenvalue weighted by Crippen LogP contribution is -2.16. The van der Waals surface area contributed by atoms with Crippen LogP contribution in [0, 0.1) is 0 Å². The fraction of sp³-hybridized carbons (Fsp3) is 0.375. The minimum absolute atomic E-state index is 0.716. The summed E-state index contributed by atoms with van der Waals surface area (Å²) < 4.78 is 7.07. The molecule has 0 radical (unpaired) electrons. The average Bonchev–Trinajstić information content (AvgIpc) is 3.13. The van der Waals surface area contributed by atoms with Gasteiger partial charge in [0.1, 0.15) is 5.75 Å². The fourth-order valence-corrected chi connectivity index (χ4v) is 3.18. The molecule has 106 valence electrons. The van der Waals surface area contributed by atoms with Crippen LogP contribution in [0.3, 0.4) is 0 Å². The Hall–Kier alpha value is -0.840. The molecule has 3 rings (SSSR count). The Morgan fingerprint density at radius 3 is 2.95 bits per heavy atom. The average molecular weight is 352 g/mol. The van der Waals surface area contributed by atoms with Crippen molar-refractivity contribution < 1.29 is 4.74 Å². The number of benzene rings is 1. The van der Waals surface area contributed by atoms with Crippen LogP contribution in [0.2, 0.25) is 0 Å². The lowest BCUT2D eigenvalue weighted by Gasteiger charge is -2.12. The van der Waals surface area contributed by atoms with Gasteiger partial charge >= 0.3 is 0 Å². The molecule has 2 nitrogen and oxygen atoms in total. The predicted octanol–water partition coefficient (Wildman–Crippen LogP) is 4.38. The molecule has 20 heavy (non-hydrogen) atoms. The fourth-order valence-electron chi connectivity index (χ4n) is 2.09. The summed E-state index contributed by atoms with van der Waals surface area (Å²) in [5, 5.41) is 5.66. The van der Waals surface area contributed by atoms with Gasteiger partial charge in [0.15, 0.2) is 0 Å². The normalized spacial score (nSPS) is 14.4. The zero-order valence-corrected chi connectivity index (χ0v) is 13.7. The lowest BCUT2D eigenvalue weighted by molar-refractivity contribution is 0.318. The van der Waals surface area contributed by atoms with Crippen LogP contribution in [0.15, 0.2) is 40.2 Å². The van der Waals surface area contributed by atoms with E-state index < -0.39 is 0 Å². The molecule has 1 aliphatic rings. The summed E-state index contributed by atoms with van der Waals surface area (Å²) in [6.45, 7) is 1.62. The molecule has 0 unspecified atom stereocenters. The first-order chi connectivity index (χ1) is 9.81. The zero-order valence-electron chi connectivity index (χ0n) is 11.3. The lowest BCUT2D eigenvalue weighted by atomic mass is 10.2. The molecular formula is C16H18BrNOS. The Bertz CT molecular complexity index is 552. The van der Waals surface area contributed by atoms with E-state index in [0.29, 0.717) is 6.04 Å². The molecule has 1 N–H and O–H groups in total. The number of ether oxygens (including phenoxy) is 1. The summed E-state index contributed by atoms with van der Waals surface area (Å²) in [7, 11) is 0. The Labute approximate surface area is 132 Å². The maximum absolute atomic E-state index is 5.96. The third-order valence-corrected chi connectivity index (χ3v) is 4.80. The van der Waals surface area contributed by atoms with Crippen molar-refractivity contribution >= 4 is 27.3 Å². The van der Waals surface area contributed by atoms with Gasteiger partial charge in [0, 0.05) is 33.9 Å². The summed E-state index contributed by atoms with van der Waals surface area (Å²) in [5.74, 6) is 0.998. The van der Waals surface area contributed by atoms with Crippen LogP contribution in [0.4, 0.5) is 0 Å². The third kappa shape index (κ3) is 4.08. The van der Waals surface area contributed by atoms with Crippen molar-refractivity contribution in [2.45, 2.75) is 31.8 Å². The predicted molar refractivity (Wildman–Crippen MR) is 87.5 cm³/mol. The molecule has 1 heterocycles. The van der Waals surface area contributed by atoms with E-state index in [0.717, 1.165) is 29.8 Å². The second-order valence-corrected chi connectivity index (χ2v) is 7.03. The van der Waals surface area contributed by atoms with Crippen molar-refractivity contribution in [3.8, 4) is 5.75 Å². The van der Waals surface area contributed by atoms with E-state index in [-0.39, 0.29) is 0 Å². The third-order valence-electron chi connectivity index (χ3n) is 3.37. The van der Waals surface area contributed by atoms with Gasteiger partial charge in [-0.15, -0.1) is 11.3 Å². The van der Waals surface area contributed by atoms with Crippen LogP contribution in [0.25, 0.3) is 0 Å². The molecule has 1 aromatic heterocycles. The van der Waals surface area contributed by atoms with Crippen molar-refractivity contribution in [1.82, 2.24) is 5.32 Å². The highest BCUT2D eigenvalue weighted by molar-refractivity contribution is 9.10. The van der Waals surface area contributed by atoms with Gasteiger partial charge < -0.3 is 10.1 Å². The molecule has 1 aromatic carbocycles. The minimum atomic E-state index is 0.716. The zero-order chi connectivity index (χ0) is 13.8. The van der Waals surface area contributed by atoms with E-state index in [4.69, 9.17) is 4.74 Å². The molecule has 0 saturated heterocycles. The van der Waals surface area contributed by atoms with Gasteiger partial charge in [0.05, 0.1) is 6.61 Å². The van der Waals surface area contributed by atoms with Crippen LogP contribution >= 0.6 is 27.3 Å². The van der Waals surface area contributed by atoms with Crippen molar-refractivity contribution in [2.75, 3.05) is 6.61 Å². The minimum Gasteiger partial charge on any atom is -0.493 e. The first-order valence-corrected chi connectivity index (χ1v) is 8.65. The van der Waals surface area contributed by atoms with Gasteiger partial charge in [0.25, 0.3) is 0 Å². The Balaban J connectivity index is 1.58. The summed E-state index contributed by atoms with van der Waals surface area (Å²) in [4.78, 5) is 1.37. The van der Waals surface area contributed by atoms with Crippen molar-refractivity contribution in [3.63, 3.8) is 0 Å². The maximum atomic E-state index is 5.96. The first-order valence-electron chi connectivity index (χ1n) is 6.98. The number of hydrogen-bond acceptors (Lipinski definition) is 3. The first kappa shape index (κ1) is 14.1. The van der Waals surface area contributed by atoms with E-state index in [9.17, 15) is 0 Å². The van der Waals surface area contributed by atoms with Gasteiger partial charge in [-0.05, 0) is 42.5 Å². The molecule has 2 aromatic rings. The van der Waals surface area contributed by atoms with E-state index in [1.807, 2.05) is 6.07 Å². The van der Waals surface area contributed by atoms with E-state index in [1.165, 1.54) is 23.3 Å². The van der Waals surface area contributed by atoms with Crippen molar-refractivity contribution in [1.29, 1.82) is 0 Å². The van der Waals surface area contributed by atoms with E-state index in [1.54, 1.807) is 11.3 Å². The van der Waals surface area contributed by atoms with Crippen LogP contribution in [-0.2, 0) is 13.0 Å². The topological polar surface area (TPSA) is 21.3 Å². The van der Waals surface area contributed by atoms with Gasteiger partial charge in [-0.1, -0.05) is 22.0 Å². The Morgan fingerprint density at radius 2 is 2.20 bits per heavy atom. The van der Waals surface area contributed by atoms with Crippen molar-refractivity contribution in [3.05, 3.63) is 50.6 Å². The maximum Gasteiger partial charge on any atom is 0.123 e. The van der Waals surface area contributed by atoms with Gasteiger partial charge in [-0.2, -0.15) is 0 Å². The highest BCUT2D eigenvalue weighted by atomic mass is 79.9. The highest BCUT2D eigenvalue weighted by Gasteiger charge is 2.20. The Kier molecular flexibility index (Phi) is 4.76. The SMILES string of the molecule is Brc1ccc(OCCc2cccs2)c(CNC2CC2)c1. The van der Waals surface area contributed by atoms with Gasteiger partial charge in [-0.3, -0.25) is 0 Å². The molecule has 1 aliphatic carbocycles. The summed E-state index contributed by atoms with van der Waals surface area (Å²) in [6, 6.07) is 11.2. The van der Waals surface area contributed by atoms with Gasteiger partial charge in [0.2, 0.25) is 0 Å². The standard InChI is InChI=1S/C16H18BrNOS/c17-13-3-6-16(12(10-13)11-18-14-4-5-14)19-8-7-15-2-1-9-20-15/h1-3,6,9-10,14,18H,4-5,7-8,11H2.